The van der Waals surface area contributed by atoms with Crippen LogP contribution in [0.15, 0.2) is 6.07 Å². The number of nitrogens with zero attached hydrogens (tertiary/aromatic N) is 1. The van der Waals surface area contributed by atoms with Crippen molar-refractivity contribution in [2.75, 3.05) is 16.8 Å². The van der Waals surface area contributed by atoms with E-state index in [-0.39, 0.29) is 17.5 Å². The molecule has 2 aliphatic rings. The molecule has 1 fully saturated rings. The van der Waals surface area contributed by atoms with Gasteiger partial charge < -0.3 is 11.1 Å². The summed E-state index contributed by atoms with van der Waals surface area (Å²) < 4.78 is 23.1. The Morgan fingerprint density at radius 2 is 2.14 bits per heavy atom. The first-order valence-electron chi connectivity index (χ1n) is 7.24. The van der Waals surface area contributed by atoms with Crippen molar-refractivity contribution in [3.05, 3.63) is 22.9 Å². The lowest BCUT2D eigenvalue weighted by atomic mass is 9.94. The van der Waals surface area contributed by atoms with E-state index in [9.17, 15) is 8.42 Å². The van der Waals surface area contributed by atoms with Crippen molar-refractivity contribution in [2.45, 2.75) is 38.1 Å². The molecular formula is C14H19N3O2S2. The van der Waals surface area contributed by atoms with Crippen LogP contribution in [0.4, 0.5) is 5.82 Å². The number of anilines is 1. The van der Waals surface area contributed by atoms with Gasteiger partial charge >= 0.3 is 0 Å². The molecule has 2 heterocycles. The normalized spacial score (nSPS) is 23.5. The third kappa shape index (κ3) is 3.18. The molecule has 0 amide bonds. The van der Waals surface area contributed by atoms with Crippen LogP contribution in [0.2, 0.25) is 0 Å². The van der Waals surface area contributed by atoms with E-state index in [1.807, 2.05) is 6.07 Å². The van der Waals surface area contributed by atoms with Gasteiger partial charge in [-0.2, -0.15) is 0 Å². The molecule has 5 nitrogen and oxygen atoms in total. The molecule has 21 heavy (non-hydrogen) atoms. The fraction of sp³-hybridized carbons (Fsp3) is 0.571. The van der Waals surface area contributed by atoms with Crippen molar-refractivity contribution in [1.82, 2.24) is 4.98 Å². The number of fused-ring (bicyclic) bond motifs is 1. The van der Waals surface area contributed by atoms with Gasteiger partial charge in [-0.1, -0.05) is 12.2 Å². The molecule has 1 aliphatic heterocycles. The summed E-state index contributed by atoms with van der Waals surface area (Å²) in [5, 5.41) is 3.24. The minimum atomic E-state index is -2.92. The Morgan fingerprint density at radius 1 is 1.38 bits per heavy atom. The lowest BCUT2D eigenvalue weighted by Gasteiger charge is -2.21. The Bertz CT molecular complexity index is 686. The topological polar surface area (TPSA) is 85.1 Å². The molecule has 7 heteroatoms. The molecule has 0 aromatic carbocycles. The molecule has 3 N–H and O–H groups in total. The van der Waals surface area contributed by atoms with Gasteiger partial charge in [0.15, 0.2) is 9.84 Å². The van der Waals surface area contributed by atoms with Gasteiger partial charge in [0.05, 0.1) is 17.1 Å². The van der Waals surface area contributed by atoms with Crippen LogP contribution in [0.3, 0.4) is 0 Å². The third-order valence-corrected chi connectivity index (χ3v) is 6.13. The molecule has 0 saturated carbocycles. The van der Waals surface area contributed by atoms with Crippen molar-refractivity contribution < 1.29 is 8.42 Å². The van der Waals surface area contributed by atoms with Crippen LogP contribution in [0.25, 0.3) is 0 Å². The number of pyridine rings is 1. The van der Waals surface area contributed by atoms with Gasteiger partial charge in [-0.25, -0.2) is 13.4 Å². The molecule has 1 atom stereocenters. The van der Waals surface area contributed by atoms with Crippen molar-refractivity contribution in [2.24, 2.45) is 5.73 Å². The minimum Gasteiger partial charge on any atom is -0.389 e. The summed E-state index contributed by atoms with van der Waals surface area (Å²) in [5.41, 5.74) is 8.84. The number of thiocarbonyl (C=S) groups is 1. The summed E-state index contributed by atoms with van der Waals surface area (Å²) in [6.45, 7) is 0. The summed E-state index contributed by atoms with van der Waals surface area (Å²) >= 11 is 5.12. The Labute approximate surface area is 130 Å². The minimum absolute atomic E-state index is 0.0998. The Morgan fingerprint density at radius 3 is 2.81 bits per heavy atom. The SMILES string of the molecule is NC(=S)c1cc2c(nc1NC1CCS(=O)(=O)C1)CCCC2. The number of hydrogen-bond acceptors (Lipinski definition) is 5. The van der Waals surface area contributed by atoms with Gasteiger partial charge in [0.2, 0.25) is 0 Å². The van der Waals surface area contributed by atoms with Gasteiger partial charge in [0.25, 0.3) is 0 Å². The number of hydrogen-bond donors (Lipinski definition) is 2. The summed E-state index contributed by atoms with van der Waals surface area (Å²) in [6.07, 6.45) is 4.89. The van der Waals surface area contributed by atoms with Crippen molar-refractivity contribution in [3.63, 3.8) is 0 Å². The maximum Gasteiger partial charge on any atom is 0.152 e. The van der Waals surface area contributed by atoms with E-state index in [0.29, 0.717) is 17.2 Å². The highest BCUT2D eigenvalue weighted by Crippen LogP contribution is 2.26. The van der Waals surface area contributed by atoms with E-state index in [0.717, 1.165) is 30.5 Å². The zero-order chi connectivity index (χ0) is 15.0. The number of aryl methyl sites for hydroxylation is 2. The molecule has 0 spiro atoms. The predicted octanol–water partition coefficient (Wildman–Crippen LogP) is 1.19. The smallest absolute Gasteiger partial charge is 0.152 e. The zero-order valence-corrected chi connectivity index (χ0v) is 13.4. The van der Waals surface area contributed by atoms with Crippen molar-refractivity contribution in [1.29, 1.82) is 0 Å². The van der Waals surface area contributed by atoms with Gasteiger partial charge in [-0.3, -0.25) is 0 Å². The first-order chi connectivity index (χ1) is 9.94. The summed E-state index contributed by atoms with van der Waals surface area (Å²) in [7, 11) is -2.92. The number of aromatic nitrogens is 1. The third-order valence-electron chi connectivity index (χ3n) is 4.14. The predicted molar refractivity (Wildman–Crippen MR) is 87.4 cm³/mol. The monoisotopic (exact) mass is 325 g/mol. The molecule has 1 aromatic heterocycles. The first kappa shape index (κ1) is 14.7. The molecule has 114 valence electrons. The maximum atomic E-state index is 11.6. The summed E-state index contributed by atoms with van der Waals surface area (Å²) in [6, 6.07) is 1.92. The average molecular weight is 325 g/mol. The van der Waals surface area contributed by atoms with Crippen LogP contribution in [0.1, 0.15) is 36.1 Å². The van der Waals surface area contributed by atoms with E-state index < -0.39 is 9.84 Å². The Kier molecular flexibility index (Phi) is 3.88. The number of nitrogens with two attached hydrogens (primary N) is 1. The molecule has 1 aromatic rings. The van der Waals surface area contributed by atoms with E-state index in [2.05, 4.69) is 10.3 Å². The molecular weight excluding hydrogens is 306 g/mol. The van der Waals surface area contributed by atoms with E-state index in [4.69, 9.17) is 18.0 Å². The number of nitrogens with one attached hydrogen (secondary N) is 1. The fourth-order valence-corrected chi connectivity index (χ4v) is 4.86. The van der Waals surface area contributed by atoms with E-state index in [1.165, 1.54) is 12.0 Å². The quantitative estimate of drug-likeness (QED) is 0.812. The summed E-state index contributed by atoms with van der Waals surface area (Å²) in [5.74, 6) is 1.03. The van der Waals surface area contributed by atoms with Crippen LogP contribution >= 0.6 is 12.2 Å². The highest BCUT2D eigenvalue weighted by Gasteiger charge is 2.29. The summed E-state index contributed by atoms with van der Waals surface area (Å²) in [4.78, 5) is 4.98. The van der Waals surface area contributed by atoms with E-state index >= 15 is 0 Å². The lowest BCUT2D eigenvalue weighted by molar-refractivity contribution is 0.602. The van der Waals surface area contributed by atoms with Crippen molar-refractivity contribution in [3.8, 4) is 0 Å². The van der Waals surface area contributed by atoms with E-state index in [1.54, 1.807) is 0 Å². The number of rotatable bonds is 3. The molecule has 1 unspecified atom stereocenters. The molecule has 3 rings (SSSR count). The Hall–Kier alpha value is -1.21. The largest absolute Gasteiger partial charge is 0.389 e. The first-order valence-corrected chi connectivity index (χ1v) is 9.47. The zero-order valence-electron chi connectivity index (χ0n) is 11.8. The second-order valence-corrected chi connectivity index (χ2v) is 8.47. The van der Waals surface area contributed by atoms with Crippen LogP contribution in [0.5, 0.6) is 0 Å². The number of sulfone groups is 1. The molecule has 0 bridgehead atoms. The molecule has 1 saturated heterocycles. The van der Waals surface area contributed by atoms with Gasteiger partial charge in [-0.15, -0.1) is 0 Å². The average Bonchev–Trinajstić information content (AvgIpc) is 2.77. The molecule has 1 aliphatic carbocycles. The standard InChI is InChI=1S/C14H19N3O2S2/c15-13(20)11-7-9-3-1-2-4-12(9)17-14(11)16-10-5-6-21(18,19)8-10/h7,10H,1-6,8H2,(H2,15,20)(H,16,17). The highest BCUT2D eigenvalue weighted by molar-refractivity contribution is 7.91. The maximum absolute atomic E-state index is 11.6. The van der Waals surface area contributed by atoms with Gasteiger partial charge in [0.1, 0.15) is 10.8 Å². The van der Waals surface area contributed by atoms with Crippen molar-refractivity contribution >= 4 is 32.9 Å². The van der Waals surface area contributed by atoms with Crippen LogP contribution in [0, 0.1) is 0 Å². The van der Waals surface area contributed by atoms with Crippen LogP contribution < -0.4 is 11.1 Å². The second-order valence-electron chi connectivity index (χ2n) is 5.81. The van der Waals surface area contributed by atoms with Gasteiger partial charge in [-0.05, 0) is 43.7 Å². The van der Waals surface area contributed by atoms with Crippen LogP contribution in [-0.4, -0.2) is 35.9 Å². The van der Waals surface area contributed by atoms with Crippen LogP contribution in [-0.2, 0) is 22.7 Å². The van der Waals surface area contributed by atoms with Gasteiger partial charge in [0, 0.05) is 11.7 Å². The lowest BCUT2D eigenvalue weighted by Crippen LogP contribution is -2.25. The fourth-order valence-electron chi connectivity index (χ4n) is 3.03. The highest BCUT2D eigenvalue weighted by atomic mass is 32.2. The Balaban J connectivity index is 1.91. The second kappa shape index (κ2) is 5.53. The molecule has 0 radical (unpaired) electrons.